The number of carboxylic acids is 1. The van der Waals surface area contributed by atoms with Crippen molar-refractivity contribution in [3.63, 3.8) is 0 Å². The van der Waals surface area contributed by atoms with Crippen molar-refractivity contribution in [3.05, 3.63) is 35.1 Å². The van der Waals surface area contributed by atoms with Gasteiger partial charge in [0.2, 0.25) is 0 Å². The standard InChI is InChI=1S/C15H22FNO3/c1-8(2)13(17-10(4)15(19)20)14(18)11-5-6-12(16)9(3)7-11/h5-8,10,13-14,17-18H,1-4H3,(H,19,20). The van der Waals surface area contributed by atoms with Gasteiger partial charge in [-0.25, -0.2) is 4.39 Å². The third-order valence-electron chi connectivity index (χ3n) is 3.39. The summed E-state index contributed by atoms with van der Waals surface area (Å²) in [6.45, 7) is 6.95. The molecule has 0 heterocycles. The van der Waals surface area contributed by atoms with Gasteiger partial charge in [-0.05, 0) is 37.0 Å². The lowest BCUT2D eigenvalue weighted by molar-refractivity contribution is -0.139. The molecule has 4 nitrogen and oxygen atoms in total. The summed E-state index contributed by atoms with van der Waals surface area (Å²) in [7, 11) is 0. The maximum Gasteiger partial charge on any atom is 0.320 e. The smallest absolute Gasteiger partial charge is 0.320 e. The Labute approximate surface area is 118 Å². The van der Waals surface area contributed by atoms with Crippen molar-refractivity contribution in [1.29, 1.82) is 0 Å². The van der Waals surface area contributed by atoms with Gasteiger partial charge in [-0.1, -0.05) is 26.0 Å². The van der Waals surface area contributed by atoms with E-state index >= 15 is 0 Å². The fourth-order valence-electron chi connectivity index (χ4n) is 2.07. The molecule has 0 aliphatic rings. The number of hydrogen-bond donors (Lipinski definition) is 3. The number of carboxylic acid groups (broad SMARTS) is 1. The van der Waals surface area contributed by atoms with Crippen LogP contribution in [0.1, 0.15) is 38.0 Å². The van der Waals surface area contributed by atoms with Crippen LogP contribution in [0.3, 0.4) is 0 Å². The van der Waals surface area contributed by atoms with Gasteiger partial charge in [-0.3, -0.25) is 10.1 Å². The van der Waals surface area contributed by atoms with E-state index in [4.69, 9.17) is 5.11 Å². The van der Waals surface area contributed by atoms with Gasteiger partial charge < -0.3 is 10.2 Å². The first kappa shape index (κ1) is 16.6. The Bertz CT molecular complexity index is 476. The Morgan fingerprint density at radius 3 is 2.35 bits per heavy atom. The van der Waals surface area contributed by atoms with Crippen LogP contribution in [0.25, 0.3) is 0 Å². The lowest BCUT2D eigenvalue weighted by Gasteiger charge is -2.29. The number of benzene rings is 1. The second-order valence-electron chi connectivity index (χ2n) is 5.45. The van der Waals surface area contributed by atoms with E-state index in [0.29, 0.717) is 11.1 Å². The maximum atomic E-state index is 13.3. The molecule has 0 saturated heterocycles. The molecule has 5 heteroatoms. The molecule has 0 aliphatic carbocycles. The third kappa shape index (κ3) is 4.02. The number of carbonyl (C=O) groups is 1. The van der Waals surface area contributed by atoms with E-state index in [0.717, 1.165) is 0 Å². The molecule has 1 aromatic rings. The van der Waals surface area contributed by atoms with Crippen LogP contribution in [0.15, 0.2) is 18.2 Å². The van der Waals surface area contributed by atoms with Gasteiger partial charge in [0.05, 0.1) is 6.10 Å². The van der Waals surface area contributed by atoms with Crippen LogP contribution in [0, 0.1) is 18.7 Å². The third-order valence-corrected chi connectivity index (χ3v) is 3.39. The van der Waals surface area contributed by atoms with Crippen LogP contribution in [-0.4, -0.2) is 28.3 Å². The SMILES string of the molecule is Cc1cc(C(O)C(NC(C)C(=O)O)C(C)C)ccc1F. The molecule has 0 aliphatic heterocycles. The van der Waals surface area contributed by atoms with E-state index in [1.54, 1.807) is 13.0 Å². The summed E-state index contributed by atoms with van der Waals surface area (Å²) in [6.07, 6.45) is -0.893. The van der Waals surface area contributed by atoms with Gasteiger partial charge in [0.25, 0.3) is 0 Å². The predicted molar refractivity (Wildman–Crippen MR) is 75.0 cm³/mol. The Kier molecular flexibility index (Phi) is 5.65. The van der Waals surface area contributed by atoms with Gasteiger partial charge >= 0.3 is 5.97 Å². The molecule has 0 bridgehead atoms. The molecular weight excluding hydrogens is 261 g/mol. The van der Waals surface area contributed by atoms with Crippen LogP contribution in [-0.2, 0) is 4.79 Å². The normalized spacial score (nSPS) is 15.9. The minimum atomic E-state index is -0.974. The van der Waals surface area contributed by atoms with E-state index in [1.807, 2.05) is 13.8 Å². The monoisotopic (exact) mass is 283 g/mol. The molecule has 0 radical (unpaired) electrons. The number of aliphatic hydroxyl groups excluding tert-OH is 1. The fourth-order valence-corrected chi connectivity index (χ4v) is 2.07. The molecule has 3 unspecified atom stereocenters. The first-order valence-electron chi connectivity index (χ1n) is 6.67. The average Bonchev–Trinajstić information content (AvgIpc) is 2.37. The molecule has 112 valence electrons. The van der Waals surface area contributed by atoms with Crippen LogP contribution in [0.4, 0.5) is 4.39 Å². The van der Waals surface area contributed by atoms with Gasteiger partial charge in [0.15, 0.2) is 0 Å². The fraction of sp³-hybridized carbons (Fsp3) is 0.533. The molecule has 1 aromatic carbocycles. The molecule has 3 atom stereocenters. The van der Waals surface area contributed by atoms with E-state index in [2.05, 4.69) is 5.32 Å². The maximum absolute atomic E-state index is 13.3. The van der Waals surface area contributed by atoms with Crippen molar-refractivity contribution in [3.8, 4) is 0 Å². The van der Waals surface area contributed by atoms with E-state index in [1.165, 1.54) is 19.1 Å². The quantitative estimate of drug-likeness (QED) is 0.749. The van der Waals surface area contributed by atoms with Gasteiger partial charge in [-0.2, -0.15) is 0 Å². The molecule has 0 amide bonds. The summed E-state index contributed by atoms with van der Waals surface area (Å²) in [4.78, 5) is 10.9. The minimum absolute atomic E-state index is 0.0251. The lowest BCUT2D eigenvalue weighted by Crippen LogP contribution is -2.47. The second kappa shape index (κ2) is 6.81. The Balaban J connectivity index is 2.96. The number of aryl methyl sites for hydroxylation is 1. The van der Waals surface area contributed by atoms with Crippen LogP contribution in [0.2, 0.25) is 0 Å². The van der Waals surface area contributed by atoms with Crippen molar-refractivity contribution in [2.75, 3.05) is 0 Å². The number of aliphatic carboxylic acids is 1. The van der Waals surface area contributed by atoms with Crippen molar-refractivity contribution in [2.45, 2.75) is 45.9 Å². The molecule has 1 rings (SSSR count). The highest BCUT2D eigenvalue weighted by Gasteiger charge is 2.27. The minimum Gasteiger partial charge on any atom is -0.480 e. The Morgan fingerprint density at radius 1 is 1.30 bits per heavy atom. The number of nitrogens with one attached hydrogen (secondary N) is 1. The van der Waals surface area contributed by atoms with Gasteiger partial charge in [0, 0.05) is 6.04 Å². The Morgan fingerprint density at radius 2 is 1.90 bits per heavy atom. The van der Waals surface area contributed by atoms with E-state index < -0.39 is 24.2 Å². The Hall–Kier alpha value is -1.46. The highest BCUT2D eigenvalue weighted by Crippen LogP contribution is 2.24. The summed E-state index contributed by atoms with van der Waals surface area (Å²) >= 11 is 0. The molecule has 3 N–H and O–H groups in total. The van der Waals surface area contributed by atoms with E-state index in [-0.39, 0.29) is 11.7 Å². The van der Waals surface area contributed by atoms with Gasteiger partial charge in [0.1, 0.15) is 11.9 Å². The molecule has 0 spiro atoms. The summed E-state index contributed by atoms with van der Waals surface area (Å²) in [6, 6.07) is 3.23. The van der Waals surface area contributed by atoms with Crippen LogP contribution in [0.5, 0.6) is 0 Å². The van der Waals surface area contributed by atoms with Crippen LogP contribution >= 0.6 is 0 Å². The van der Waals surface area contributed by atoms with Crippen molar-refractivity contribution >= 4 is 5.97 Å². The highest BCUT2D eigenvalue weighted by molar-refractivity contribution is 5.72. The second-order valence-corrected chi connectivity index (χ2v) is 5.45. The number of halogens is 1. The lowest BCUT2D eigenvalue weighted by atomic mass is 9.92. The zero-order chi connectivity index (χ0) is 15.4. The average molecular weight is 283 g/mol. The number of rotatable bonds is 6. The van der Waals surface area contributed by atoms with Crippen molar-refractivity contribution < 1.29 is 19.4 Å². The topological polar surface area (TPSA) is 69.6 Å². The van der Waals surface area contributed by atoms with Gasteiger partial charge in [-0.15, -0.1) is 0 Å². The molecular formula is C15H22FNO3. The summed E-state index contributed by atoms with van der Waals surface area (Å²) in [5.41, 5.74) is 1.03. The zero-order valence-electron chi connectivity index (χ0n) is 12.2. The molecule has 0 aromatic heterocycles. The zero-order valence-corrected chi connectivity index (χ0v) is 12.2. The summed E-state index contributed by atoms with van der Waals surface area (Å²) in [5, 5.41) is 22.3. The molecule has 0 fully saturated rings. The first-order chi connectivity index (χ1) is 9.23. The van der Waals surface area contributed by atoms with Crippen molar-refractivity contribution in [2.24, 2.45) is 5.92 Å². The largest absolute Gasteiger partial charge is 0.480 e. The predicted octanol–water partition coefficient (Wildman–Crippen LogP) is 2.25. The summed E-state index contributed by atoms with van der Waals surface area (Å²) < 4.78 is 13.3. The molecule has 20 heavy (non-hydrogen) atoms. The van der Waals surface area contributed by atoms with E-state index in [9.17, 15) is 14.3 Å². The van der Waals surface area contributed by atoms with Crippen molar-refractivity contribution in [1.82, 2.24) is 5.32 Å². The van der Waals surface area contributed by atoms with Crippen LogP contribution < -0.4 is 5.32 Å². The number of aliphatic hydroxyl groups is 1. The molecule has 0 saturated carbocycles. The first-order valence-corrected chi connectivity index (χ1v) is 6.67. The highest BCUT2D eigenvalue weighted by atomic mass is 19.1. The summed E-state index contributed by atoms with van der Waals surface area (Å²) in [5.74, 6) is -1.27. The number of hydrogen-bond acceptors (Lipinski definition) is 3.